The minimum atomic E-state index is 0.607. The molecule has 0 saturated heterocycles. The van der Waals surface area contributed by atoms with Crippen molar-refractivity contribution in [2.75, 3.05) is 6.54 Å². The van der Waals surface area contributed by atoms with Crippen LogP contribution in [-0.2, 0) is 6.54 Å². The van der Waals surface area contributed by atoms with Gasteiger partial charge in [-0.1, -0.05) is 0 Å². The number of guanidine groups is 1. The molecule has 0 unspecified atom stereocenters. The van der Waals surface area contributed by atoms with Crippen molar-refractivity contribution in [3.63, 3.8) is 0 Å². The highest BCUT2D eigenvalue weighted by atomic mass is 32.1. The molecule has 13 heavy (non-hydrogen) atoms. The number of rotatable bonds is 3. The van der Waals surface area contributed by atoms with E-state index in [0.717, 1.165) is 11.4 Å². The zero-order chi connectivity index (χ0) is 9.52. The first kappa shape index (κ1) is 9.94. The molecule has 5 nitrogen and oxygen atoms in total. The van der Waals surface area contributed by atoms with Crippen LogP contribution in [0, 0.1) is 0 Å². The lowest BCUT2D eigenvalue weighted by Gasteiger charge is -2.05. The van der Waals surface area contributed by atoms with E-state index in [1.165, 1.54) is 0 Å². The van der Waals surface area contributed by atoms with Gasteiger partial charge in [-0.3, -0.25) is 10.4 Å². The Morgan fingerprint density at radius 3 is 3.15 bits per heavy atom. The van der Waals surface area contributed by atoms with Gasteiger partial charge in [-0.15, -0.1) is 11.3 Å². The fourth-order valence-electron chi connectivity index (χ4n) is 0.797. The van der Waals surface area contributed by atoms with Crippen molar-refractivity contribution in [3.05, 3.63) is 16.6 Å². The van der Waals surface area contributed by atoms with E-state index in [2.05, 4.69) is 20.7 Å². The van der Waals surface area contributed by atoms with Gasteiger partial charge in [0, 0.05) is 17.6 Å². The topological polar surface area (TPSA) is 75.3 Å². The first-order valence-corrected chi connectivity index (χ1v) is 4.87. The molecule has 0 spiro atoms. The quantitative estimate of drug-likeness (QED) is 0.279. The van der Waals surface area contributed by atoms with E-state index in [0.29, 0.717) is 12.5 Å². The van der Waals surface area contributed by atoms with Crippen LogP contribution in [0.15, 0.2) is 16.7 Å². The summed E-state index contributed by atoms with van der Waals surface area (Å²) in [5.41, 5.74) is 4.27. The van der Waals surface area contributed by atoms with Crippen LogP contribution in [0.5, 0.6) is 0 Å². The molecule has 0 atom stereocenters. The third-order valence-electron chi connectivity index (χ3n) is 1.36. The molecular formula is C7H13N5S. The zero-order valence-electron chi connectivity index (χ0n) is 7.45. The van der Waals surface area contributed by atoms with E-state index in [-0.39, 0.29) is 0 Å². The summed E-state index contributed by atoms with van der Waals surface area (Å²) >= 11 is 1.58. The summed E-state index contributed by atoms with van der Waals surface area (Å²) in [6.45, 7) is 3.39. The normalized spacial score (nSPS) is 11.4. The average molecular weight is 199 g/mol. The number of hydrazine groups is 1. The van der Waals surface area contributed by atoms with Crippen molar-refractivity contribution in [3.8, 4) is 0 Å². The Morgan fingerprint density at radius 2 is 2.62 bits per heavy atom. The van der Waals surface area contributed by atoms with Crippen LogP contribution in [-0.4, -0.2) is 17.5 Å². The third-order valence-corrected chi connectivity index (χ3v) is 2.12. The fourth-order valence-corrected chi connectivity index (χ4v) is 1.32. The first-order chi connectivity index (χ1) is 6.36. The molecule has 4 N–H and O–H groups in total. The fraction of sp³-hybridized carbons (Fsp3) is 0.429. The maximum Gasteiger partial charge on any atom is 0.206 e. The summed E-state index contributed by atoms with van der Waals surface area (Å²) in [6, 6.07) is 0. The Hall–Kier alpha value is -1.14. The van der Waals surface area contributed by atoms with E-state index in [4.69, 9.17) is 5.84 Å². The Balaban J connectivity index is 2.45. The van der Waals surface area contributed by atoms with Gasteiger partial charge in [0.2, 0.25) is 5.96 Å². The molecule has 72 valence electrons. The number of thiazole rings is 1. The van der Waals surface area contributed by atoms with Crippen molar-refractivity contribution in [1.82, 2.24) is 15.7 Å². The number of hydrogen-bond acceptors (Lipinski definition) is 4. The second-order valence-corrected chi connectivity index (χ2v) is 3.28. The summed E-state index contributed by atoms with van der Waals surface area (Å²) in [5.74, 6) is 5.85. The maximum absolute atomic E-state index is 5.24. The molecule has 1 aromatic rings. The van der Waals surface area contributed by atoms with E-state index >= 15 is 0 Å². The Morgan fingerprint density at radius 1 is 1.77 bits per heavy atom. The third kappa shape index (κ3) is 3.39. The van der Waals surface area contributed by atoms with Gasteiger partial charge < -0.3 is 5.32 Å². The molecule has 0 saturated carbocycles. The van der Waals surface area contributed by atoms with Crippen molar-refractivity contribution >= 4 is 17.3 Å². The minimum absolute atomic E-state index is 0.607. The maximum atomic E-state index is 5.24. The van der Waals surface area contributed by atoms with Gasteiger partial charge in [-0.05, 0) is 6.92 Å². The van der Waals surface area contributed by atoms with E-state index < -0.39 is 0 Å². The summed E-state index contributed by atoms with van der Waals surface area (Å²) in [5, 5.41) is 2.99. The number of aliphatic imine (C=N–C) groups is 1. The second-order valence-electron chi connectivity index (χ2n) is 2.31. The molecule has 0 aliphatic carbocycles. The van der Waals surface area contributed by atoms with Gasteiger partial charge in [0.1, 0.15) is 0 Å². The highest BCUT2D eigenvalue weighted by Gasteiger charge is 1.94. The van der Waals surface area contributed by atoms with Crippen molar-refractivity contribution < 1.29 is 0 Å². The van der Waals surface area contributed by atoms with Crippen LogP contribution < -0.4 is 16.6 Å². The van der Waals surface area contributed by atoms with Gasteiger partial charge in [0.05, 0.1) is 12.1 Å². The van der Waals surface area contributed by atoms with Crippen LogP contribution >= 0.6 is 11.3 Å². The number of nitrogens with one attached hydrogen (secondary N) is 2. The molecule has 0 aromatic carbocycles. The number of hydrogen-bond donors (Lipinski definition) is 3. The predicted molar refractivity (Wildman–Crippen MR) is 54.3 cm³/mol. The molecule has 1 heterocycles. The Labute approximate surface area is 81.1 Å². The van der Waals surface area contributed by atoms with E-state index in [1.54, 1.807) is 23.0 Å². The van der Waals surface area contributed by atoms with Crippen LogP contribution in [0.2, 0.25) is 0 Å². The van der Waals surface area contributed by atoms with Gasteiger partial charge in [-0.25, -0.2) is 10.8 Å². The summed E-state index contributed by atoms with van der Waals surface area (Å²) in [6.07, 6.45) is 1.80. The average Bonchev–Trinajstić information content (AvgIpc) is 2.64. The highest BCUT2D eigenvalue weighted by Crippen LogP contribution is 2.05. The summed E-state index contributed by atoms with van der Waals surface area (Å²) in [4.78, 5) is 9.28. The van der Waals surface area contributed by atoms with Crippen LogP contribution in [0.25, 0.3) is 0 Å². The second kappa shape index (κ2) is 5.50. The molecule has 0 aliphatic heterocycles. The zero-order valence-corrected chi connectivity index (χ0v) is 8.27. The first-order valence-electron chi connectivity index (χ1n) is 3.99. The number of aromatic nitrogens is 1. The lowest BCUT2D eigenvalue weighted by atomic mass is 10.5. The molecule has 1 rings (SSSR count). The minimum Gasteiger partial charge on any atom is -0.356 e. The number of nitrogens with zero attached hydrogens (tertiary/aromatic N) is 2. The van der Waals surface area contributed by atoms with Crippen LogP contribution in [0.4, 0.5) is 0 Å². The molecule has 0 aliphatic rings. The predicted octanol–water partition coefficient (Wildman–Crippen LogP) is 0.0719. The lowest BCUT2D eigenvalue weighted by Crippen LogP contribution is -2.41. The molecule has 0 bridgehead atoms. The summed E-state index contributed by atoms with van der Waals surface area (Å²) < 4.78 is 0. The monoisotopic (exact) mass is 199 g/mol. The smallest absolute Gasteiger partial charge is 0.206 e. The van der Waals surface area contributed by atoms with Gasteiger partial charge in [0.15, 0.2) is 0 Å². The molecule has 1 aromatic heterocycles. The lowest BCUT2D eigenvalue weighted by molar-refractivity contribution is 0.854. The van der Waals surface area contributed by atoms with Crippen molar-refractivity contribution in [1.29, 1.82) is 0 Å². The van der Waals surface area contributed by atoms with Gasteiger partial charge >= 0.3 is 0 Å². The molecule has 6 heteroatoms. The van der Waals surface area contributed by atoms with E-state index in [1.807, 2.05) is 6.92 Å². The van der Waals surface area contributed by atoms with Gasteiger partial charge in [0.25, 0.3) is 0 Å². The van der Waals surface area contributed by atoms with E-state index in [9.17, 15) is 0 Å². The largest absolute Gasteiger partial charge is 0.356 e. The summed E-state index contributed by atoms with van der Waals surface area (Å²) in [7, 11) is 0. The number of nitrogens with two attached hydrogens (primary N) is 1. The Kier molecular flexibility index (Phi) is 4.20. The van der Waals surface area contributed by atoms with Crippen LogP contribution in [0.3, 0.4) is 0 Å². The molecule has 0 amide bonds. The Bertz CT molecular complexity index is 256. The van der Waals surface area contributed by atoms with Crippen LogP contribution in [0.1, 0.15) is 11.8 Å². The molecule has 0 radical (unpaired) electrons. The molecular weight excluding hydrogens is 186 g/mol. The van der Waals surface area contributed by atoms with Gasteiger partial charge in [-0.2, -0.15) is 0 Å². The van der Waals surface area contributed by atoms with Crippen molar-refractivity contribution in [2.24, 2.45) is 10.8 Å². The standard InChI is InChI=1S/C7H13N5S/c1-2-10-7(12-8)11-4-6-3-9-5-13-6/h3,5H,2,4,8H2,1H3,(H2,10,11,12). The highest BCUT2D eigenvalue weighted by molar-refractivity contribution is 7.09. The SMILES string of the molecule is CCNC(=NCc1cncs1)NN. The van der Waals surface area contributed by atoms with Crippen molar-refractivity contribution in [2.45, 2.75) is 13.5 Å². The molecule has 0 fully saturated rings.